The Morgan fingerprint density at radius 2 is 2.00 bits per heavy atom. The second-order valence-corrected chi connectivity index (χ2v) is 10.4. The number of aromatic hydroxyl groups is 1. The Morgan fingerprint density at radius 3 is 2.68 bits per heavy atom. The van der Waals surface area contributed by atoms with Crippen LogP contribution in [0.15, 0.2) is 30.3 Å². The number of phenolic OH excluding ortho intramolecular Hbond substituents is 1. The number of phenols is 1. The summed E-state index contributed by atoms with van der Waals surface area (Å²) < 4.78 is 5.88. The summed E-state index contributed by atoms with van der Waals surface area (Å²) >= 11 is -2.13. The molecule has 0 aliphatic heterocycles. The predicted molar refractivity (Wildman–Crippen MR) is 74.4 cm³/mol. The first-order valence-electron chi connectivity index (χ1n) is 6.71. The predicted octanol–water partition coefficient (Wildman–Crippen LogP) is 2.06. The van der Waals surface area contributed by atoms with Gasteiger partial charge >= 0.3 is 139 Å². The third-order valence-corrected chi connectivity index (χ3v) is 9.26. The average molecular weight is 486 g/mol. The topological polar surface area (TPSA) is 89.7 Å². The van der Waals surface area contributed by atoms with Crippen LogP contribution in [0.2, 0.25) is 0 Å². The normalized spacial score (nSPS) is 11.3. The fourth-order valence-electron chi connectivity index (χ4n) is 2.68. The van der Waals surface area contributed by atoms with E-state index in [1.54, 1.807) is 18.2 Å². The van der Waals surface area contributed by atoms with Crippen LogP contribution < -0.4 is 3.07 Å². The first-order valence-corrected chi connectivity index (χ1v) is 11.7. The van der Waals surface area contributed by atoms with E-state index in [0.717, 1.165) is 25.3 Å². The van der Waals surface area contributed by atoms with E-state index in [1.807, 2.05) is 6.07 Å². The van der Waals surface area contributed by atoms with Crippen molar-refractivity contribution in [2.75, 3.05) is 0 Å². The van der Waals surface area contributed by atoms with Crippen LogP contribution in [-0.4, -0.2) is 16.0 Å². The molecule has 0 spiro atoms. The molecule has 0 saturated heterocycles. The summed E-state index contributed by atoms with van der Waals surface area (Å²) in [6.45, 7) is 1.36. The molecule has 7 heteroatoms. The summed E-state index contributed by atoms with van der Waals surface area (Å²) in [7, 11) is 0. The molecule has 3 rings (SSSR count). The number of nitro benzene ring substituents is 1. The third-order valence-electron chi connectivity index (χ3n) is 3.71. The Bertz CT molecular complexity index is 803. The van der Waals surface area contributed by atoms with Gasteiger partial charge in [0.05, 0.1) is 0 Å². The van der Waals surface area contributed by atoms with Gasteiger partial charge < -0.3 is 0 Å². The molecule has 0 unspecified atom stereocenters. The van der Waals surface area contributed by atoms with Crippen LogP contribution in [0.25, 0.3) is 11.1 Å². The van der Waals surface area contributed by atoms with E-state index in [4.69, 9.17) is 2.64 Å². The van der Waals surface area contributed by atoms with Crippen molar-refractivity contribution in [2.45, 2.75) is 13.3 Å². The molecule has 0 aromatic heterocycles. The fraction of sp³-hybridized carbons (Fsp3) is 0.133. The molecule has 108 valence electrons. The van der Waals surface area contributed by atoms with E-state index in [-0.39, 0.29) is 17.4 Å². The van der Waals surface area contributed by atoms with Crippen molar-refractivity contribution in [2.24, 2.45) is 0 Å². The van der Waals surface area contributed by atoms with Crippen LogP contribution in [0.3, 0.4) is 0 Å². The van der Waals surface area contributed by atoms with E-state index in [0.29, 0.717) is 6.42 Å². The number of fused-ring (bicyclic) bond motifs is 3. The van der Waals surface area contributed by atoms with Crippen LogP contribution in [0.1, 0.15) is 18.1 Å². The Kier molecular flexibility index (Phi) is 3.86. The number of carbonyl (C=O) groups is 1. The van der Waals surface area contributed by atoms with Crippen LogP contribution in [0, 0.1) is 10.1 Å². The van der Waals surface area contributed by atoms with E-state index in [2.05, 4.69) is 0 Å². The third kappa shape index (κ3) is 2.70. The maximum absolute atomic E-state index is 10.9. The summed E-state index contributed by atoms with van der Waals surface area (Å²) in [5, 5.41) is 20.9. The monoisotopic (exact) mass is 487 g/mol. The molecular formula is C15H11HgNO5. The van der Waals surface area contributed by atoms with Gasteiger partial charge in [-0.15, -0.1) is 0 Å². The zero-order valence-electron chi connectivity index (χ0n) is 11.8. The second-order valence-electron chi connectivity index (χ2n) is 5.19. The molecule has 22 heavy (non-hydrogen) atoms. The molecular weight excluding hydrogens is 475 g/mol. The van der Waals surface area contributed by atoms with Crippen LogP contribution in [-0.2, 0) is 38.9 Å². The van der Waals surface area contributed by atoms with Crippen LogP contribution in [0.4, 0.5) is 5.69 Å². The number of hydrogen-bond donors (Lipinski definition) is 1. The van der Waals surface area contributed by atoms with Gasteiger partial charge in [-0.3, -0.25) is 0 Å². The van der Waals surface area contributed by atoms with Gasteiger partial charge in [0.1, 0.15) is 0 Å². The van der Waals surface area contributed by atoms with Gasteiger partial charge in [-0.1, -0.05) is 0 Å². The molecule has 0 saturated carbocycles. The van der Waals surface area contributed by atoms with Gasteiger partial charge in [0.2, 0.25) is 0 Å². The van der Waals surface area contributed by atoms with Gasteiger partial charge in [0.25, 0.3) is 0 Å². The van der Waals surface area contributed by atoms with Crippen molar-refractivity contribution in [1.29, 1.82) is 0 Å². The minimum atomic E-state index is -2.13. The number of non-ortho nitro benzene ring substituents is 1. The number of nitrogens with zero attached hydrogens (tertiary/aromatic N) is 1. The van der Waals surface area contributed by atoms with Crippen molar-refractivity contribution in [1.82, 2.24) is 0 Å². The molecule has 6 nitrogen and oxygen atoms in total. The number of nitro groups is 1. The Hall–Kier alpha value is -1.95. The van der Waals surface area contributed by atoms with Crippen molar-refractivity contribution < 1.29 is 42.5 Å². The molecule has 1 aliphatic carbocycles. The minimum absolute atomic E-state index is 0.0657. The van der Waals surface area contributed by atoms with Gasteiger partial charge in [0.15, 0.2) is 0 Å². The molecule has 0 atom stereocenters. The molecule has 2 aromatic carbocycles. The Morgan fingerprint density at radius 1 is 1.27 bits per heavy atom. The van der Waals surface area contributed by atoms with Gasteiger partial charge in [0, 0.05) is 0 Å². The number of hydrogen-bond acceptors (Lipinski definition) is 5. The van der Waals surface area contributed by atoms with E-state index >= 15 is 0 Å². The summed E-state index contributed by atoms with van der Waals surface area (Å²) in [5.41, 5.74) is 3.79. The second kappa shape index (κ2) is 5.68. The standard InChI is InChI=1S/C13H8NO3.C2H4O2.Hg/c15-11-2-4-13-9(7-11)5-8-6-10(14(16)17)1-3-12(8)13;1-2(3)4;/h1,3-4,6-7,15H,5H2;1H3,(H,3,4);/q;;+1/p-1. The Balaban J connectivity index is 2.01. The van der Waals surface area contributed by atoms with Crippen molar-refractivity contribution in [3.63, 3.8) is 0 Å². The van der Waals surface area contributed by atoms with E-state index in [1.165, 1.54) is 13.0 Å². The molecule has 0 amide bonds. The quantitative estimate of drug-likeness (QED) is 0.348. The van der Waals surface area contributed by atoms with Crippen molar-refractivity contribution >= 4 is 14.7 Å². The molecule has 2 aromatic rings. The molecule has 0 bridgehead atoms. The zero-order chi connectivity index (χ0) is 15.9. The van der Waals surface area contributed by atoms with Crippen LogP contribution >= 0.6 is 0 Å². The Labute approximate surface area is 139 Å². The summed E-state index contributed by atoms with van der Waals surface area (Å²) in [4.78, 5) is 21.4. The van der Waals surface area contributed by atoms with Gasteiger partial charge in [-0.2, -0.15) is 0 Å². The van der Waals surface area contributed by atoms with E-state index < -0.39 is 30.0 Å². The first-order chi connectivity index (χ1) is 10.5. The van der Waals surface area contributed by atoms with Gasteiger partial charge in [-0.05, 0) is 0 Å². The zero-order valence-corrected chi connectivity index (χ0v) is 17.3. The summed E-state index contributed by atoms with van der Waals surface area (Å²) in [5.74, 6) is -0.165. The summed E-state index contributed by atoms with van der Waals surface area (Å²) in [6.07, 6.45) is 0.560. The molecule has 1 aliphatic rings. The molecule has 0 heterocycles. The number of rotatable bonds is 3. The maximum atomic E-state index is 10.9. The van der Waals surface area contributed by atoms with Gasteiger partial charge in [-0.25, -0.2) is 0 Å². The number of carbonyl (C=O) groups excluding carboxylic acids is 1. The fourth-order valence-corrected chi connectivity index (χ4v) is 6.16. The SMILES string of the molecule is CC(=O)[O][Hg][c]1cc2c(cc1O)Cc1cc([N+](=O)[O-])ccc1-2. The number of benzene rings is 2. The van der Waals surface area contributed by atoms with Crippen molar-refractivity contribution in [3.8, 4) is 16.9 Å². The van der Waals surface area contributed by atoms with Crippen LogP contribution in [0.5, 0.6) is 5.75 Å². The first kappa shape index (κ1) is 15.0. The molecule has 0 fully saturated rings. The average Bonchev–Trinajstić information content (AvgIpc) is 2.80. The molecule has 1 N–H and O–H groups in total. The van der Waals surface area contributed by atoms with Crippen molar-refractivity contribution in [3.05, 3.63) is 51.6 Å². The molecule has 0 radical (unpaired) electrons. The summed E-state index contributed by atoms with van der Waals surface area (Å²) in [6, 6.07) is 8.34. The van der Waals surface area contributed by atoms with E-state index in [9.17, 15) is 20.0 Å².